The zero-order chi connectivity index (χ0) is 22.7. The van der Waals surface area contributed by atoms with Crippen molar-refractivity contribution in [2.24, 2.45) is 0 Å². The van der Waals surface area contributed by atoms with Gasteiger partial charge in [-0.15, -0.1) is 11.3 Å². The third-order valence-electron chi connectivity index (χ3n) is 4.84. The van der Waals surface area contributed by atoms with Crippen LogP contribution < -0.4 is 10.0 Å². The molecule has 164 valence electrons. The monoisotopic (exact) mass is 467 g/mol. The van der Waals surface area contributed by atoms with Crippen molar-refractivity contribution in [2.45, 2.75) is 17.7 Å². The number of amides is 1. The molecule has 1 amide bonds. The number of aromatic nitrogens is 1. The molecule has 2 heterocycles. The van der Waals surface area contributed by atoms with E-state index in [0.29, 0.717) is 22.8 Å². The molecule has 0 atom stereocenters. The summed E-state index contributed by atoms with van der Waals surface area (Å²) in [6, 6.07) is 18.2. The van der Waals surface area contributed by atoms with Crippen LogP contribution >= 0.6 is 11.3 Å². The van der Waals surface area contributed by atoms with E-state index in [0.717, 1.165) is 27.3 Å². The molecular formula is C23H21N3O4S2. The summed E-state index contributed by atoms with van der Waals surface area (Å²) in [4.78, 5) is 18.0. The molecule has 0 radical (unpaired) electrons. The summed E-state index contributed by atoms with van der Waals surface area (Å²) in [6.07, 6.45) is 1.64. The van der Waals surface area contributed by atoms with Crippen molar-refractivity contribution in [1.82, 2.24) is 15.0 Å². The van der Waals surface area contributed by atoms with Crippen LogP contribution in [0.15, 0.2) is 75.5 Å². The number of sulfonamides is 1. The number of hydrogen-bond acceptors (Lipinski definition) is 6. The first-order valence-corrected chi connectivity index (χ1v) is 12.1. The maximum Gasteiger partial charge on any atom is 0.252 e. The van der Waals surface area contributed by atoms with Gasteiger partial charge in [0.05, 0.1) is 18.3 Å². The second-order valence-electron chi connectivity index (χ2n) is 7.05. The van der Waals surface area contributed by atoms with Crippen LogP contribution in [0.4, 0.5) is 0 Å². The fraction of sp³-hybridized carbons (Fsp3) is 0.130. The zero-order valence-corrected chi connectivity index (χ0v) is 19.1. The standard InChI is InChI=1S/C23H21N3O4S2/c1-15-7-9-16(10-8-15)20-14-26-23(30-20)19-6-4-3-5-18(19)22(27)25-13-17-11-12-21(31-17)32(28,29)24-2/h3-12,14,24H,13H2,1-2H3,(H,25,27). The van der Waals surface area contributed by atoms with Crippen LogP contribution in [0.3, 0.4) is 0 Å². The smallest absolute Gasteiger partial charge is 0.252 e. The molecule has 4 rings (SSSR count). The second-order valence-corrected chi connectivity index (χ2v) is 10.3. The molecule has 0 aliphatic rings. The van der Waals surface area contributed by atoms with E-state index in [4.69, 9.17) is 4.42 Å². The van der Waals surface area contributed by atoms with Crippen LogP contribution in [-0.2, 0) is 16.6 Å². The molecular weight excluding hydrogens is 446 g/mol. The topological polar surface area (TPSA) is 101 Å². The molecule has 4 aromatic rings. The van der Waals surface area contributed by atoms with Gasteiger partial charge in [0.25, 0.3) is 5.91 Å². The van der Waals surface area contributed by atoms with E-state index in [1.54, 1.807) is 30.5 Å². The third kappa shape index (κ3) is 4.64. The predicted octanol–water partition coefficient (Wildman–Crippen LogP) is 4.22. The molecule has 9 heteroatoms. The minimum absolute atomic E-state index is 0.202. The van der Waals surface area contributed by atoms with Crippen molar-refractivity contribution >= 4 is 27.3 Å². The fourth-order valence-electron chi connectivity index (χ4n) is 3.08. The largest absolute Gasteiger partial charge is 0.436 e. The van der Waals surface area contributed by atoms with Crippen LogP contribution in [0, 0.1) is 6.92 Å². The van der Waals surface area contributed by atoms with Crippen molar-refractivity contribution in [3.63, 3.8) is 0 Å². The molecule has 0 spiro atoms. The Kier molecular flexibility index (Phi) is 6.22. The lowest BCUT2D eigenvalue weighted by molar-refractivity contribution is 0.0951. The van der Waals surface area contributed by atoms with Crippen LogP contribution in [0.1, 0.15) is 20.8 Å². The summed E-state index contributed by atoms with van der Waals surface area (Å²) >= 11 is 1.11. The summed E-state index contributed by atoms with van der Waals surface area (Å²) in [5.74, 6) is 0.666. The van der Waals surface area contributed by atoms with Gasteiger partial charge < -0.3 is 9.73 Å². The van der Waals surface area contributed by atoms with Crippen molar-refractivity contribution in [3.8, 4) is 22.8 Å². The Morgan fingerprint density at radius 1 is 1.06 bits per heavy atom. The van der Waals surface area contributed by atoms with E-state index < -0.39 is 10.0 Å². The zero-order valence-electron chi connectivity index (χ0n) is 17.5. The molecule has 0 fully saturated rings. The number of nitrogens with zero attached hydrogens (tertiary/aromatic N) is 1. The SMILES string of the molecule is CNS(=O)(=O)c1ccc(CNC(=O)c2ccccc2-c2ncc(-c3ccc(C)cc3)o2)s1. The maximum absolute atomic E-state index is 12.9. The highest BCUT2D eigenvalue weighted by atomic mass is 32.2. The van der Waals surface area contributed by atoms with Crippen molar-refractivity contribution in [1.29, 1.82) is 0 Å². The number of thiophene rings is 1. The lowest BCUT2D eigenvalue weighted by atomic mass is 10.1. The van der Waals surface area contributed by atoms with E-state index in [-0.39, 0.29) is 16.7 Å². The van der Waals surface area contributed by atoms with Gasteiger partial charge in [0.1, 0.15) is 4.21 Å². The molecule has 2 aromatic heterocycles. The Morgan fingerprint density at radius 2 is 1.81 bits per heavy atom. The lowest BCUT2D eigenvalue weighted by Gasteiger charge is -2.07. The third-order valence-corrected chi connectivity index (χ3v) is 7.83. The Labute approximate surface area is 190 Å². The van der Waals surface area contributed by atoms with Gasteiger partial charge in [0.2, 0.25) is 15.9 Å². The van der Waals surface area contributed by atoms with Gasteiger partial charge in [-0.3, -0.25) is 4.79 Å². The Hall–Kier alpha value is -3.27. The summed E-state index contributed by atoms with van der Waals surface area (Å²) in [6.45, 7) is 2.22. The van der Waals surface area contributed by atoms with Gasteiger partial charge in [-0.05, 0) is 38.2 Å². The van der Waals surface area contributed by atoms with Crippen molar-refractivity contribution < 1.29 is 17.6 Å². The quantitative estimate of drug-likeness (QED) is 0.424. The number of rotatable bonds is 7. The first-order valence-electron chi connectivity index (χ1n) is 9.80. The number of carbonyl (C=O) groups excluding carboxylic acids is 1. The van der Waals surface area contributed by atoms with E-state index in [1.807, 2.05) is 37.3 Å². The second kappa shape index (κ2) is 9.07. The number of carbonyl (C=O) groups is 1. The molecule has 2 N–H and O–H groups in total. The van der Waals surface area contributed by atoms with Crippen LogP contribution in [-0.4, -0.2) is 26.4 Å². The Morgan fingerprint density at radius 3 is 2.56 bits per heavy atom. The highest BCUT2D eigenvalue weighted by Gasteiger charge is 2.18. The average molecular weight is 468 g/mol. The van der Waals surface area contributed by atoms with E-state index in [9.17, 15) is 13.2 Å². The summed E-state index contributed by atoms with van der Waals surface area (Å²) < 4.78 is 32.2. The number of nitrogens with one attached hydrogen (secondary N) is 2. The summed E-state index contributed by atoms with van der Waals surface area (Å²) in [5.41, 5.74) is 3.05. The van der Waals surface area contributed by atoms with Gasteiger partial charge in [-0.1, -0.05) is 42.0 Å². The minimum atomic E-state index is -3.50. The van der Waals surface area contributed by atoms with E-state index in [1.165, 1.54) is 13.1 Å². The number of aryl methyl sites for hydroxylation is 1. The normalized spacial score (nSPS) is 11.4. The first-order chi connectivity index (χ1) is 15.4. The lowest BCUT2D eigenvalue weighted by Crippen LogP contribution is -2.23. The predicted molar refractivity (Wildman–Crippen MR) is 124 cm³/mol. The van der Waals surface area contributed by atoms with Gasteiger partial charge in [0.15, 0.2) is 5.76 Å². The van der Waals surface area contributed by atoms with Gasteiger partial charge in [-0.2, -0.15) is 0 Å². The van der Waals surface area contributed by atoms with Crippen LogP contribution in [0.2, 0.25) is 0 Å². The minimum Gasteiger partial charge on any atom is -0.436 e. The van der Waals surface area contributed by atoms with E-state index >= 15 is 0 Å². The Bertz CT molecular complexity index is 1360. The molecule has 7 nitrogen and oxygen atoms in total. The molecule has 0 aliphatic carbocycles. The van der Waals surface area contributed by atoms with Crippen molar-refractivity contribution in [2.75, 3.05) is 7.05 Å². The van der Waals surface area contributed by atoms with Crippen LogP contribution in [0.25, 0.3) is 22.8 Å². The molecule has 0 saturated heterocycles. The number of hydrogen-bond donors (Lipinski definition) is 2. The molecule has 0 aliphatic heterocycles. The summed E-state index contributed by atoms with van der Waals surface area (Å²) in [5, 5.41) is 2.84. The first kappa shape index (κ1) is 21.9. The molecule has 0 saturated carbocycles. The Balaban J connectivity index is 1.52. The van der Waals surface area contributed by atoms with Gasteiger partial charge in [0, 0.05) is 16.0 Å². The fourth-order valence-corrected chi connectivity index (χ4v) is 5.21. The highest BCUT2D eigenvalue weighted by Crippen LogP contribution is 2.28. The molecule has 32 heavy (non-hydrogen) atoms. The van der Waals surface area contributed by atoms with E-state index in [2.05, 4.69) is 15.0 Å². The number of oxazole rings is 1. The van der Waals surface area contributed by atoms with Crippen LogP contribution in [0.5, 0.6) is 0 Å². The van der Waals surface area contributed by atoms with Crippen molar-refractivity contribution in [3.05, 3.63) is 82.9 Å². The van der Waals surface area contributed by atoms with Gasteiger partial charge in [-0.25, -0.2) is 18.1 Å². The molecule has 2 aromatic carbocycles. The van der Waals surface area contributed by atoms with Gasteiger partial charge >= 0.3 is 0 Å². The maximum atomic E-state index is 12.9. The average Bonchev–Trinajstić information content (AvgIpc) is 3.48. The molecule has 0 unspecified atom stereocenters. The molecule has 0 bridgehead atoms. The highest BCUT2D eigenvalue weighted by molar-refractivity contribution is 7.91. The summed E-state index contributed by atoms with van der Waals surface area (Å²) in [7, 11) is -2.14. The number of benzene rings is 2.